The molecule has 0 aliphatic carbocycles. The number of aliphatic hydroxyl groups excluding tert-OH is 1. The van der Waals surface area contributed by atoms with Gasteiger partial charge in [0.15, 0.2) is 0 Å². The van der Waals surface area contributed by atoms with E-state index >= 15 is 0 Å². The van der Waals surface area contributed by atoms with Crippen LogP contribution in [0.1, 0.15) is 32.4 Å². The summed E-state index contributed by atoms with van der Waals surface area (Å²) in [5.74, 6) is -0.298. The Kier molecular flexibility index (Phi) is 6.17. The van der Waals surface area contributed by atoms with Gasteiger partial charge < -0.3 is 9.84 Å². The van der Waals surface area contributed by atoms with Gasteiger partial charge in [-0.05, 0) is 45.5 Å². The molecule has 0 bridgehead atoms. The molecule has 0 aliphatic rings. The van der Waals surface area contributed by atoms with E-state index < -0.39 is 5.60 Å². The van der Waals surface area contributed by atoms with Crippen LogP contribution in [0.25, 0.3) is 0 Å². The summed E-state index contributed by atoms with van der Waals surface area (Å²) in [5, 5.41) is 9.58. The molecule has 0 amide bonds. The molecule has 1 atom stereocenters. The van der Waals surface area contributed by atoms with Crippen molar-refractivity contribution in [2.75, 3.05) is 20.2 Å². The van der Waals surface area contributed by atoms with Crippen LogP contribution in [-0.2, 0) is 9.53 Å². The summed E-state index contributed by atoms with van der Waals surface area (Å²) in [5.41, 5.74) is 0.454. The molecule has 0 heterocycles. The molecule has 0 radical (unpaired) electrons. The summed E-state index contributed by atoms with van der Waals surface area (Å²) in [4.78, 5) is 13.6. The molecule has 0 aliphatic heterocycles. The molecular weight excluding hydrogens is 322 g/mol. The fraction of sp³-hybridized carbons (Fsp3) is 0.533. The highest BCUT2D eigenvalue weighted by molar-refractivity contribution is 9.10. The molecule has 0 saturated heterocycles. The third-order valence-corrected chi connectivity index (χ3v) is 3.23. The van der Waals surface area contributed by atoms with E-state index in [-0.39, 0.29) is 25.2 Å². The molecule has 1 aromatic rings. The van der Waals surface area contributed by atoms with Crippen LogP contribution in [-0.4, -0.2) is 41.8 Å². The van der Waals surface area contributed by atoms with Crippen LogP contribution >= 0.6 is 15.9 Å². The smallest absolute Gasteiger partial charge is 0.320 e. The predicted molar refractivity (Wildman–Crippen MR) is 82.4 cm³/mol. The van der Waals surface area contributed by atoms with Gasteiger partial charge in [-0.2, -0.15) is 0 Å². The Bertz CT molecular complexity index is 457. The summed E-state index contributed by atoms with van der Waals surface area (Å²) in [6, 6.07) is 7.46. The number of likely N-dealkylation sites (N-methyl/N-ethyl adjacent to an activating group) is 1. The molecule has 0 spiro atoms. The second-order valence-corrected chi connectivity index (χ2v) is 6.67. The van der Waals surface area contributed by atoms with E-state index in [9.17, 15) is 9.90 Å². The number of carbonyl (C=O) groups is 1. The second-order valence-electron chi connectivity index (χ2n) is 5.75. The fourth-order valence-electron chi connectivity index (χ4n) is 1.90. The zero-order chi connectivity index (χ0) is 15.3. The number of esters is 1. The van der Waals surface area contributed by atoms with Crippen molar-refractivity contribution in [1.29, 1.82) is 0 Å². The van der Waals surface area contributed by atoms with E-state index in [1.165, 1.54) is 0 Å². The maximum Gasteiger partial charge on any atom is 0.320 e. The van der Waals surface area contributed by atoms with Gasteiger partial charge in [0.05, 0.1) is 19.2 Å². The van der Waals surface area contributed by atoms with Crippen LogP contribution in [0.4, 0.5) is 0 Å². The van der Waals surface area contributed by atoms with Gasteiger partial charge in [-0.3, -0.25) is 9.69 Å². The molecule has 0 fully saturated rings. The number of carbonyl (C=O) groups excluding carboxylic acids is 1. The van der Waals surface area contributed by atoms with Gasteiger partial charge in [0.25, 0.3) is 0 Å². The standard InChI is InChI=1S/C15H22BrNO3/c1-15(2,3)20-14(19)9-17(4)13(10-18)11-6-5-7-12(16)8-11/h5-8,13,18H,9-10H2,1-4H3. The minimum absolute atomic E-state index is 0.0598. The number of benzene rings is 1. The number of hydrogen-bond donors (Lipinski definition) is 1. The van der Waals surface area contributed by atoms with E-state index in [4.69, 9.17) is 4.74 Å². The average molecular weight is 344 g/mol. The van der Waals surface area contributed by atoms with E-state index in [1.807, 2.05) is 45.0 Å². The van der Waals surface area contributed by atoms with E-state index in [0.717, 1.165) is 10.0 Å². The van der Waals surface area contributed by atoms with Crippen molar-refractivity contribution in [1.82, 2.24) is 4.90 Å². The van der Waals surface area contributed by atoms with Gasteiger partial charge in [0.2, 0.25) is 0 Å². The summed E-state index contributed by atoms with van der Waals surface area (Å²) < 4.78 is 6.23. The molecular formula is C15H22BrNO3. The summed E-state index contributed by atoms with van der Waals surface area (Å²) >= 11 is 3.41. The molecule has 5 heteroatoms. The van der Waals surface area contributed by atoms with Crippen molar-refractivity contribution >= 4 is 21.9 Å². The largest absolute Gasteiger partial charge is 0.459 e. The highest BCUT2D eigenvalue weighted by atomic mass is 79.9. The lowest BCUT2D eigenvalue weighted by Crippen LogP contribution is -2.36. The quantitative estimate of drug-likeness (QED) is 0.835. The summed E-state index contributed by atoms with van der Waals surface area (Å²) in [7, 11) is 1.80. The van der Waals surface area contributed by atoms with Crippen LogP contribution in [0.3, 0.4) is 0 Å². The Morgan fingerprint density at radius 2 is 2.10 bits per heavy atom. The van der Waals surface area contributed by atoms with Crippen molar-refractivity contribution in [3.63, 3.8) is 0 Å². The zero-order valence-electron chi connectivity index (χ0n) is 12.4. The summed E-state index contributed by atoms with van der Waals surface area (Å²) in [6.07, 6.45) is 0. The van der Waals surface area contributed by atoms with Crippen LogP contribution in [0.2, 0.25) is 0 Å². The molecule has 0 aromatic heterocycles. The Morgan fingerprint density at radius 1 is 1.45 bits per heavy atom. The molecule has 1 aromatic carbocycles. The number of hydrogen-bond acceptors (Lipinski definition) is 4. The van der Waals surface area contributed by atoms with Crippen molar-refractivity contribution < 1.29 is 14.6 Å². The Hall–Kier alpha value is -0.910. The molecule has 4 nitrogen and oxygen atoms in total. The van der Waals surface area contributed by atoms with Crippen LogP contribution < -0.4 is 0 Å². The lowest BCUT2D eigenvalue weighted by atomic mass is 10.1. The van der Waals surface area contributed by atoms with Gasteiger partial charge >= 0.3 is 5.97 Å². The summed E-state index contributed by atoms with van der Waals surface area (Å²) in [6.45, 7) is 5.58. The minimum Gasteiger partial charge on any atom is -0.459 e. The first-order valence-electron chi connectivity index (χ1n) is 6.51. The van der Waals surface area contributed by atoms with Gasteiger partial charge in [-0.15, -0.1) is 0 Å². The minimum atomic E-state index is -0.498. The highest BCUT2D eigenvalue weighted by Gasteiger charge is 2.22. The van der Waals surface area contributed by atoms with Crippen molar-refractivity contribution in [2.24, 2.45) is 0 Å². The van der Waals surface area contributed by atoms with Crippen molar-refractivity contribution in [3.8, 4) is 0 Å². The van der Waals surface area contributed by atoms with Gasteiger partial charge in [-0.25, -0.2) is 0 Å². The van der Waals surface area contributed by atoms with E-state index in [2.05, 4.69) is 15.9 Å². The van der Waals surface area contributed by atoms with Gasteiger partial charge in [0.1, 0.15) is 5.60 Å². The van der Waals surface area contributed by atoms with Gasteiger partial charge in [0, 0.05) is 4.47 Å². The van der Waals surface area contributed by atoms with Crippen LogP contribution in [0.15, 0.2) is 28.7 Å². The number of rotatable bonds is 5. The third kappa shape index (κ3) is 5.61. The van der Waals surface area contributed by atoms with Crippen LogP contribution in [0, 0.1) is 0 Å². The second kappa shape index (κ2) is 7.20. The van der Waals surface area contributed by atoms with E-state index in [1.54, 1.807) is 11.9 Å². The Balaban J connectivity index is 2.73. The average Bonchev–Trinajstić information content (AvgIpc) is 2.26. The first kappa shape index (κ1) is 17.1. The first-order valence-corrected chi connectivity index (χ1v) is 7.30. The number of nitrogens with zero attached hydrogens (tertiary/aromatic N) is 1. The Labute approximate surface area is 128 Å². The zero-order valence-corrected chi connectivity index (χ0v) is 14.0. The topological polar surface area (TPSA) is 49.8 Å². The van der Waals surface area contributed by atoms with E-state index in [0.29, 0.717) is 0 Å². The first-order chi connectivity index (χ1) is 9.23. The number of aliphatic hydroxyl groups is 1. The predicted octanol–water partition coefficient (Wildman–Crippen LogP) is 2.76. The lowest BCUT2D eigenvalue weighted by molar-refractivity contribution is -0.156. The molecule has 0 saturated carbocycles. The molecule has 1 unspecified atom stereocenters. The molecule has 20 heavy (non-hydrogen) atoms. The van der Waals surface area contributed by atoms with Crippen molar-refractivity contribution in [3.05, 3.63) is 34.3 Å². The molecule has 112 valence electrons. The third-order valence-electron chi connectivity index (χ3n) is 2.74. The SMILES string of the molecule is CN(CC(=O)OC(C)(C)C)C(CO)c1cccc(Br)c1. The lowest BCUT2D eigenvalue weighted by Gasteiger charge is -2.28. The molecule has 1 N–H and O–H groups in total. The number of ether oxygens (including phenoxy) is 1. The highest BCUT2D eigenvalue weighted by Crippen LogP contribution is 2.22. The van der Waals surface area contributed by atoms with Crippen molar-refractivity contribution in [2.45, 2.75) is 32.4 Å². The number of halogens is 1. The monoisotopic (exact) mass is 343 g/mol. The van der Waals surface area contributed by atoms with Crippen LogP contribution in [0.5, 0.6) is 0 Å². The maximum atomic E-state index is 11.8. The maximum absolute atomic E-state index is 11.8. The Morgan fingerprint density at radius 3 is 2.60 bits per heavy atom. The molecule has 1 rings (SSSR count). The normalized spacial score (nSPS) is 13.3. The fourth-order valence-corrected chi connectivity index (χ4v) is 2.32. The van der Waals surface area contributed by atoms with Gasteiger partial charge in [-0.1, -0.05) is 28.1 Å².